The fraction of sp³-hybridized carbons (Fsp3) is 0.542. The van der Waals surface area contributed by atoms with E-state index < -0.39 is 0 Å². The minimum Gasteiger partial charge on any atom is -0.493 e. The van der Waals surface area contributed by atoms with Crippen molar-refractivity contribution in [2.24, 2.45) is 0 Å². The number of amides is 2. The number of nitrogens with one attached hydrogen (secondary N) is 1. The second-order valence-corrected chi connectivity index (χ2v) is 8.76. The van der Waals surface area contributed by atoms with E-state index in [-0.39, 0.29) is 35.9 Å². The number of H-pyrrole nitrogens is 1. The summed E-state index contributed by atoms with van der Waals surface area (Å²) in [6.07, 6.45) is 2.56. The number of likely N-dealkylation sites (tertiary alicyclic amines) is 1. The second-order valence-electron chi connectivity index (χ2n) is 8.76. The average Bonchev–Trinajstić information content (AvgIpc) is 3.43. The van der Waals surface area contributed by atoms with Gasteiger partial charge in [0.1, 0.15) is 5.69 Å². The molecule has 1 N–H and O–H groups in total. The van der Waals surface area contributed by atoms with Crippen LogP contribution in [0.25, 0.3) is 11.4 Å². The fourth-order valence-corrected chi connectivity index (χ4v) is 4.43. The molecular weight excluding hydrogens is 452 g/mol. The number of hydrogen-bond acceptors (Lipinski definition) is 8. The van der Waals surface area contributed by atoms with E-state index in [1.54, 1.807) is 30.2 Å². The average molecular weight is 485 g/mol. The highest BCUT2D eigenvalue weighted by atomic mass is 16.5. The number of benzene rings is 1. The summed E-state index contributed by atoms with van der Waals surface area (Å²) in [5.74, 6) is 1.55. The molecule has 2 saturated heterocycles. The zero-order valence-electron chi connectivity index (χ0n) is 20.3. The van der Waals surface area contributed by atoms with Crippen molar-refractivity contribution in [1.29, 1.82) is 0 Å². The van der Waals surface area contributed by atoms with Gasteiger partial charge in [0.2, 0.25) is 11.8 Å². The number of aryl methyl sites for hydroxylation is 1. The van der Waals surface area contributed by atoms with E-state index in [2.05, 4.69) is 20.1 Å². The second kappa shape index (κ2) is 11.3. The van der Waals surface area contributed by atoms with Gasteiger partial charge in [-0.25, -0.2) is 0 Å². The van der Waals surface area contributed by atoms with Gasteiger partial charge in [-0.05, 0) is 31.0 Å². The van der Waals surface area contributed by atoms with Gasteiger partial charge in [0.05, 0.1) is 20.8 Å². The van der Waals surface area contributed by atoms with Gasteiger partial charge < -0.3 is 24.3 Å². The number of hydrogen-bond donors (Lipinski definition) is 1. The van der Waals surface area contributed by atoms with Gasteiger partial charge in [-0.15, -0.1) is 10.2 Å². The molecule has 0 unspecified atom stereocenters. The third kappa shape index (κ3) is 5.97. The Balaban J connectivity index is 1.28. The van der Waals surface area contributed by atoms with Gasteiger partial charge in [-0.1, -0.05) is 0 Å². The van der Waals surface area contributed by atoms with Gasteiger partial charge in [-0.3, -0.25) is 19.3 Å². The highest BCUT2D eigenvalue weighted by Crippen LogP contribution is 2.30. The molecule has 0 spiro atoms. The first-order valence-corrected chi connectivity index (χ1v) is 11.9. The Morgan fingerprint density at radius 1 is 0.914 bits per heavy atom. The van der Waals surface area contributed by atoms with Crippen LogP contribution in [0.5, 0.6) is 11.5 Å². The largest absolute Gasteiger partial charge is 0.493 e. The zero-order chi connectivity index (χ0) is 24.8. The molecule has 35 heavy (non-hydrogen) atoms. The summed E-state index contributed by atoms with van der Waals surface area (Å²) in [7, 11) is 3.08. The molecule has 0 radical (unpaired) electrons. The molecule has 2 amide bonds. The molecule has 0 aliphatic carbocycles. The van der Waals surface area contributed by atoms with Crippen molar-refractivity contribution in [1.82, 2.24) is 29.9 Å². The molecule has 4 rings (SSSR count). The summed E-state index contributed by atoms with van der Waals surface area (Å²) in [6, 6.07) is 5.19. The Morgan fingerprint density at radius 2 is 1.60 bits per heavy atom. The molecule has 1 aromatic carbocycles. The predicted molar refractivity (Wildman–Crippen MR) is 128 cm³/mol. The summed E-state index contributed by atoms with van der Waals surface area (Å²) in [5.41, 5.74) is 0.483. The molecule has 1 aromatic heterocycles. The quantitative estimate of drug-likeness (QED) is 0.577. The molecule has 3 heterocycles. The Kier molecular flexibility index (Phi) is 7.96. The number of ether oxygens (including phenoxy) is 2. The molecule has 2 aliphatic heterocycles. The standard InChI is InChI=1S/C24H32N6O5/c1-34-19-7-5-17(15-20(19)35-2)23-25-24(33)18(26-27-23)6-8-21(31)30-13-11-28(12-14-30)16-22(32)29-9-3-4-10-29/h5,7,15H,3-4,6,8-14,16H2,1-2H3,(H,25,27,33). The fourth-order valence-electron chi connectivity index (χ4n) is 4.43. The molecule has 11 nitrogen and oxygen atoms in total. The van der Waals surface area contributed by atoms with E-state index in [0.717, 1.165) is 25.9 Å². The number of methoxy groups -OCH3 is 2. The first kappa shape index (κ1) is 24.6. The lowest BCUT2D eigenvalue weighted by Gasteiger charge is -2.35. The van der Waals surface area contributed by atoms with Gasteiger partial charge in [-0.2, -0.15) is 0 Å². The Hall–Kier alpha value is -3.47. The van der Waals surface area contributed by atoms with Crippen LogP contribution in [-0.2, 0) is 16.0 Å². The van der Waals surface area contributed by atoms with Crippen LogP contribution in [-0.4, -0.2) is 102 Å². The molecule has 0 bridgehead atoms. The number of carbonyl (C=O) groups is 2. The van der Waals surface area contributed by atoms with Crippen molar-refractivity contribution in [2.45, 2.75) is 25.7 Å². The molecule has 11 heteroatoms. The monoisotopic (exact) mass is 484 g/mol. The summed E-state index contributed by atoms with van der Waals surface area (Å²) in [6.45, 7) is 4.62. The lowest BCUT2D eigenvalue weighted by Crippen LogP contribution is -2.51. The number of carbonyl (C=O) groups excluding carboxylic acids is 2. The minimum absolute atomic E-state index is 0.0271. The minimum atomic E-state index is -0.372. The van der Waals surface area contributed by atoms with Crippen molar-refractivity contribution >= 4 is 11.8 Å². The molecular formula is C24H32N6O5. The highest BCUT2D eigenvalue weighted by molar-refractivity contribution is 5.79. The van der Waals surface area contributed by atoms with Crippen LogP contribution in [0.3, 0.4) is 0 Å². The van der Waals surface area contributed by atoms with E-state index in [4.69, 9.17) is 9.47 Å². The lowest BCUT2D eigenvalue weighted by atomic mass is 10.2. The molecule has 2 aromatic rings. The highest BCUT2D eigenvalue weighted by Gasteiger charge is 2.25. The van der Waals surface area contributed by atoms with Crippen LogP contribution < -0.4 is 15.0 Å². The normalized spacial score (nSPS) is 16.4. The maximum Gasteiger partial charge on any atom is 0.273 e. The Morgan fingerprint density at radius 3 is 2.26 bits per heavy atom. The topological polar surface area (TPSA) is 121 Å². The SMILES string of the molecule is COc1ccc(-c2nnc(CCC(=O)N3CCN(CC(=O)N4CCCC4)CC3)c(=O)[nH]2)cc1OC. The number of rotatable bonds is 8. The lowest BCUT2D eigenvalue weighted by molar-refractivity contribution is -0.134. The van der Waals surface area contributed by atoms with Crippen molar-refractivity contribution in [3.63, 3.8) is 0 Å². The molecule has 0 saturated carbocycles. The van der Waals surface area contributed by atoms with E-state index in [9.17, 15) is 14.4 Å². The van der Waals surface area contributed by atoms with Gasteiger partial charge in [0.25, 0.3) is 5.56 Å². The van der Waals surface area contributed by atoms with Gasteiger partial charge >= 0.3 is 0 Å². The van der Waals surface area contributed by atoms with Crippen LogP contribution in [0.15, 0.2) is 23.0 Å². The van der Waals surface area contributed by atoms with E-state index in [0.29, 0.717) is 55.6 Å². The first-order chi connectivity index (χ1) is 17.0. The van der Waals surface area contributed by atoms with E-state index in [1.165, 1.54) is 7.11 Å². The summed E-state index contributed by atoms with van der Waals surface area (Å²) >= 11 is 0. The Bertz CT molecular complexity index is 1110. The third-order valence-corrected chi connectivity index (χ3v) is 6.54. The van der Waals surface area contributed by atoms with Gasteiger partial charge in [0, 0.05) is 57.7 Å². The number of piperazine rings is 1. The van der Waals surface area contributed by atoms with Crippen molar-refractivity contribution in [3.05, 3.63) is 34.2 Å². The van der Waals surface area contributed by atoms with Crippen molar-refractivity contribution < 1.29 is 19.1 Å². The van der Waals surface area contributed by atoms with Crippen LogP contribution >= 0.6 is 0 Å². The van der Waals surface area contributed by atoms with E-state index >= 15 is 0 Å². The maximum absolute atomic E-state index is 12.7. The number of aromatic amines is 1. The first-order valence-electron chi connectivity index (χ1n) is 11.9. The smallest absolute Gasteiger partial charge is 0.273 e. The Labute approximate surface area is 204 Å². The molecule has 2 aliphatic rings. The van der Waals surface area contributed by atoms with Crippen LogP contribution in [0.1, 0.15) is 25.0 Å². The summed E-state index contributed by atoms with van der Waals surface area (Å²) < 4.78 is 10.5. The van der Waals surface area contributed by atoms with Crippen molar-refractivity contribution in [3.8, 4) is 22.9 Å². The van der Waals surface area contributed by atoms with Crippen LogP contribution in [0.2, 0.25) is 0 Å². The van der Waals surface area contributed by atoms with Crippen molar-refractivity contribution in [2.75, 3.05) is 60.0 Å². The van der Waals surface area contributed by atoms with Gasteiger partial charge in [0.15, 0.2) is 17.3 Å². The molecule has 2 fully saturated rings. The molecule has 0 atom stereocenters. The van der Waals surface area contributed by atoms with E-state index in [1.807, 2.05) is 4.90 Å². The molecule has 188 valence electrons. The maximum atomic E-state index is 12.7. The number of nitrogens with zero attached hydrogens (tertiary/aromatic N) is 5. The summed E-state index contributed by atoms with van der Waals surface area (Å²) in [4.78, 5) is 46.1. The predicted octanol–water partition coefficient (Wildman–Crippen LogP) is 0.548. The summed E-state index contributed by atoms with van der Waals surface area (Å²) in [5, 5.41) is 8.20. The van der Waals surface area contributed by atoms with Crippen LogP contribution in [0, 0.1) is 0 Å². The zero-order valence-corrected chi connectivity index (χ0v) is 20.3. The number of aromatic nitrogens is 3. The van der Waals surface area contributed by atoms with Crippen LogP contribution in [0.4, 0.5) is 0 Å². The third-order valence-electron chi connectivity index (χ3n) is 6.54.